The second-order valence-corrected chi connectivity index (χ2v) is 9.10. The fourth-order valence-corrected chi connectivity index (χ4v) is 4.74. The highest BCUT2D eigenvalue weighted by Crippen LogP contribution is 2.34. The molecule has 0 radical (unpaired) electrons. The summed E-state index contributed by atoms with van der Waals surface area (Å²) in [6, 6.07) is 5.85. The Morgan fingerprint density at radius 3 is 2.43 bits per heavy atom. The molecule has 7 heteroatoms. The topological polar surface area (TPSA) is 38.8 Å². The number of nitrogens with one attached hydrogen (secondary N) is 1. The molecule has 2 fully saturated rings. The molecule has 3 rings (SSSR count). The third-order valence-corrected chi connectivity index (χ3v) is 6.95. The van der Waals surface area contributed by atoms with Gasteiger partial charge in [0.15, 0.2) is 0 Å². The first kappa shape index (κ1) is 21.5. The zero-order chi connectivity index (χ0) is 20.1. The number of hydrogen-bond acceptors (Lipinski definition) is 3. The Morgan fingerprint density at radius 1 is 1.11 bits per heavy atom. The van der Waals surface area contributed by atoms with Gasteiger partial charge in [-0.25, -0.2) is 4.79 Å². The molecule has 1 heterocycles. The number of urea groups is 1. The van der Waals surface area contributed by atoms with E-state index in [-0.39, 0.29) is 11.6 Å². The SMILES string of the molecule is CN(C)C(=O)NC1(CCN2CCN(c3cccc(Cl)c3Cl)CC2)CCCCC1. The number of nitrogens with zero attached hydrogens (tertiary/aromatic N) is 3. The molecule has 1 N–H and O–H groups in total. The molecule has 1 aliphatic heterocycles. The van der Waals surface area contributed by atoms with Gasteiger partial charge in [0, 0.05) is 52.4 Å². The largest absolute Gasteiger partial charge is 0.368 e. The van der Waals surface area contributed by atoms with E-state index in [2.05, 4.69) is 15.1 Å². The zero-order valence-corrected chi connectivity index (χ0v) is 18.5. The summed E-state index contributed by atoms with van der Waals surface area (Å²) < 4.78 is 0. The number of anilines is 1. The molecule has 1 aromatic carbocycles. The normalized spacial score (nSPS) is 20.1. The number of carbonyl (C=O) groups is 1. The number of benzene rings is 1. The van der Waals surface area contributed by atoms with Crippen molar-refractivity contribution in [3.05, 3.63) is 28.2 Å². The van der Waals surface area contributed by atoms with E-state index >= 15 is 0 Å². The minimum absolute atomic E-state index is 0.0299. The van der Waals surface area contributed by atoms with Gasteiger partial charge in [-0.2, -0.15) is 0 Å². The monoisotopic (exact) mass is 426 g/mol. The second-order valence-electron chi connectivity index (χ2n) is 8.32. The molecule has 1 saturated carbocycles. The third-order valence-electron chi connectivity index (χ3n) is 6.14. The van der Waals surface area contributed by atoms with Crippen LogP contribution in [-0.4, -0.2) is 68.2 Å². The van der Waals surface area contributed by atoms with Crippen LogP contribution in [0.25, 0.3) is 0 Å². The summed E-state index contributed by atoms with van der Waals surface area (Å²) in [6.45, 7) is 4.90. The summed E-state index contributed by atoms with van der Waals surface area (Å²) in [7, 11) is 3.62. The minimum atomic E-state index is -0.0486. The van der Waals surface area contributed by atoms with Crippen molar-refractivity contribution in [2.75, 3.05) is 51.7 Å². The maximum absolute atomic E-state index is 12.3. The average molecular weight is 427 g/mol. The predicted molar refractivity (Wildman–Crippen MR) is 118 cm³/mol. The van der Waals surface area contributed by atoms with Gasteiger partial charge in [-0.3, -0.25) is 4.90 Å². The molecule has 2 amide bonds. The summed E-state index contributed by atoms with van der Waals surface area (Å²) in [5.41, 5.74) is 0.975. The lowest BCUT2D eigenvalue weighted by atomic mass is 9.79. The fourth-order valence-electron chi connectivity index (χ4n) is 4.33. The molecular weight excluding hydrogens is 395 g/mol. The van der Waals surface area contributed by atoms with Crippen LogP contribution in [0.3, 0.4) is 0 Å². The van der Waals surface area contributed by atoms with Crippen molar-refractivity contribution in [2.45, 2.75) is 44.1 Å². The van der Waals surface area contributed by atoms with Gasteiger partial charge in [0.25, 0.3) is 0 Å². The lowest BCUT2D eigenvalue weighted by molar-refractivity contribution is 0.156. The van der Waals surface area contributed by atoms with E-state index < -0.39 is 0 Å². The molecule has 2 aliphatic rings. The first-order valence-electron chi connectivity index (χ1n) is 10.3. The molecule has 156 valence electrons. The number of carbonyl (C=O) groups excluding carboxylic acids is 1. The Morgan fingerprint density at radius 2 is 1.79 bits per heavy atom. The highest BCUT2D eigenvalue weighted by molar-refractivity contribution is 6.43. The van der Waals surface area contributed by atoms with Crippen LogP contribution >= 0.6 is 23.2 Å². The number of rotatable bonds is 5. The highest BCUT2D eigenvalue weighted by Gasteiger charge is 2.34. The van der Waals surface area contributed by atoms with Gasteiger partial charge in [-0.05, 0) is 31.4 Å². The van der Waals surface area contributed by atoms with Gasteiger partial charge in [-0.15, -0.1) is 0 Å². The van der Waals surface area contributed by atoms with Gasteiger partial charge < -0.3 is 15.1 Å². The lowest BCUT2D eigenvalue weighted by Gasteiger charge is -2.42. The summed E-state index contributed by atoms with van der Waals surface area (Å²) in [5.74, 6) is 0. The van der Waals surface area contributed by atoms with E-state index in [0.29, 0.717) is 10.0 Å². The highest BCUT2D eigenvalue weighted by atomic mass is 35.5. The van der Waals surface area contributed by atoms with Gasteiger partial charge in [0.05, 0.1) is 15.7 Å². The van der Waals surface area contributed by atoms with Crippen LogP contribution in [0.1, 0.15) is 38.5 Å². The number of hydrogen-bond donors (Lipinski definition) is 1. The first-order chi connectivity index (χ1) is 13.4. The van der Waals surface area contributed by atoms with Crippen LogP contribution in [0.5, 0.6) is 0 Å². The molecule has 1 saturated heterocycles. The summed E-state index contributed by atoms with van der Waals surface area (Å²) in [5, 5.41) is 4.59. The van der Waals surface area contributed by atoms with Gasteiger partial charge in [-0.1, -0.05) is 48.5 Å². The smallest absolute Gasteiger partial charge is 0.317 e. The van der Waals surface area contributed by atoms with Crippen LogP contribution in [0.4, 0.5) is 10.5 Å². The number of halogens is 2. The minimum Gasteiger partial charge on any atom is -0.368 e. The quantitative estimate of drug-likeness (QED) is 0.753. The standard InChI is InChI=1S/C21H32Cl2N4O/c1-25(2)20(28)24-21(9-4-3-5-10-21)11-12-26-13-15-27(16-14-26)18-8-6-7-17(22)19(18)23/h6-8H,3-5,9-16H2,1-2H3,(H,24,28). The Bertz CT molecular complexity index is 668. The molecule has 5 nitrogen and oxygen atoms in total. The maximum atomic E-state index is 12.3. The molecule has 0 bridgehead atoms. The average Bonchev–Trinajstić information content (AvgIpc) is 2.70. The van der Waals surface area contributed by atoms with E-state index in [0.717, 1.165) is 57.7 Å². The maximum Gasteiger partial charge on any atom is 0.317 e. The Labute approximate surface area is 178 Å². The predicted octanol–water partition coefficient (Wildman–Crippen LogP) is 4.48. The molecule has 0 unspecified atom stereocenters. The summed E-state index contributed by atoms with van der Waals surface area (Å²) >= 11 is 12.6. The van der Waals surface area contributed by atoms with Crippen LogP contribution in [0, 0.1) is 0 Å². The van der Waals surface area contributed by atoms with E-state index in [9.17, 15) is 4.79 Å². The van der Waals surface area contributed by atoms with Gasteiger partial charge in [0.2, 0.25) is 0 Å². The van der Waals surface area contributed by atoms with Crippen molar-refractivity contribution in [1.82, 2.24) is 15.1 Å². The molecule has 28 heavy (non-hydrogen) atoms. The molecular formula is C21H32Cl2N4O. The number of piperazine rings is 1. The van der Waals surface area contributed by atoms with Crippen LogP contribution < -0.4 is 10.2 Å². The van der Waals surface area contributed by atoms with Crippen molar-refractivity contribution in [1.29, 1.82) is 0 Å². The van der Waals surface area contributed by atoms with E-state index in [1.165, 1.54) is 19.3 Å². The summed E-state index contributed by atoms with van der Waals surface area (Å²) in [6.07, 6.45) is 6.88. The molecule has 0 aromatic heterocycles. The van der Waals surface area contributed by atoms with Gasteiger partial charge >= 0.3 is 6.03 Å². The Balaban J connectivity index is 1.54. The van der Waals surface area contributed by atoms with Gasteiger partial charge in [0.1, 0.15) is 0 Å². The van der Waals surface area contributed by atoms with Crippen LogP contribution in [0.2, 0.25) is 10.0 Å². The van der Waals surface area contributed by atoms with Crippen molar-refractivity contribution >= 4 is 34.9 Å². The van der Waals surface area contributed by atoms with E-state index in [4.69, 9.17) is 23.2 Å². The van der Waals surface area contributed by atoms with Crippen molar-refractivity contribution in [3.8, 4) is 0 Å². The Hall–Kier alpha value is -1.17. The van der Waals surface area contributed by atoms with Crippen molar-refractivity contribution in [3.63, 3.8) is 0 Å². The third kappa shape index (κ3) is 5.25. The summed E-state index contributed by atoms with van der Waals surface area (Å²) in [4.78, 5) is 18.8. The zero-order valence-electron chi connectivity index (χ0n) is 17.0. The van der Waals surface area contributed by atoms with Crippen molar-refractivity contribution < 1.29 is 4.79 Å². The van der Waals surface area contributed by atoms with E-state index in [1.54, 1.807) is 4.90 Å². The molecule has 1 aromatic rings. The fraction of sp³-hybridized carbons (Fsp3) is 0.667. The Kier molecular flexibility index (Phi) is 7.35. The van der Waals surface area contributed by atoms with Crippen molar-refractivity contribution in [2.24, 2.45) is 0 Å². The lowest BCUT2D eigenvalue weighted by Crippen LogP contribution is -2.55. The second kappa shape index (κ2) is 9.55. The molecule has 0 atom stereocenters. The molecule has 0 spiro atoms. The first-order valence-corrected chi connectivity index (χ1v) is 11.1. The van der Waals surface area contributed by atoms with Crippen LogP contribution in [-0.2, 0) is 0 Å². The molecule has 1 aliphatic carbocycles. The van der Waals surface area contributed by atoms with Crippen LogP contribution in [0.15, 0.2) is 18.2 Å². The number of amides is 2. The van der Waals surface area contributed by atoms with E-state index in [1.807, 2.05) is 32.3 Å².